The maximum atomic E-state index is 12.5. The van der Waals surface area contributed by atoms with Crippen LogP contribution in [0.5, 0.6) is 0 Å². The molecule has 0 aromatic carbocycles. The molecule has 1 aliphatic rings. The zero-order valence-electron chi connectivity index (χ0n) is 26.5. The number of carbonyl (C=O) groups is 2. The fraction of sp³-hybridized carbons (Fsp3) is 0.926. The van der Waals surface area contributed by atoms with E-state index in [1.54, 1.807) is 28.2 Å². The van der Waals surface area contributed by atoms with Crippen LogP contribution in [0.4, 0.5) is 0 Å². The standard InChI is InChI=1S/C27H56N6O11/c1-28-16-25(44-24(18-35)31-4)41-13-11-40-10-8-33-26(38)19(29-2)5-6-23(37)32-7-9-39-12-14-42-27-20(30-3)15-21(36)22(17-34)43-27/h19-22,24-25,27-31,34-36H,5-18H2,1-4H3,(H,32,37)(H,33,38). The maximum Gasteiger partial charge on any atom is 0.237 e. The highest BCUT2D eigenvalue weighted by atomic mass is 16.7. The monoisotopic (exact) mass is 640 g/mol. The molecular weight excluding hydrogens is 584 g/mol. The second-order valence-corrected chi connectivity index (χ2v) is 9.99. The van der Waals surface area contributed by atoms with Gasteiger partial charge in [-0.2, -0.15) is 0 Å². The van der Waals surface area contributed by atoms with Crippen molar-refractivity contribution in [3.05, 3.63) is 0 Å². The normalized spacial score (nSPS) is 22.3. The molecule has 1 heterocycles. The second kappa shape index (κ2) is 25.6. The van der Waals surface area contributed by atoms with Crippen LogP contribution >= 0.6 is 0 Å². The van der Waals surface area contributed by atoms with Crippen molar-refractivity contribution in [1.29, 1.82) is 0 Å². The molecule has 0 bridgehead atoms. The van der Waals surface area contributed by atoms with Gasteiger partial charge in [0.25, 0.3) is 0 Å². The van der Waals surface area contributed by atoms with Gasteiger partial charge in [-0.3, -0.25) is 14.9 Å². The van der Waals surface area contributed by atoms with Gasteiger partial charge in [-0.25, -0.2) is 0 Å². The topological polar surface area (TPSA) is 222 Å². The van der Waals surface area contributed by atoms with Gasteiger partial charge in [-0.15, -0.1) is 0 Å². The minimum Gasteiger partial charge on any atom is -0.394 e. The maximum absolute atomic E-state index is 12.5. The molecule has 17 heteroatoms. The smallest absolute Gasteiger partial charge is 0.237 e. The number of rotatable bonds is 27. The third kappa shape index (κ3) is 17.2. The number of carbonyl (C=O) groups excluding carboxylic acids is 2. The average molecular weight is 641 g/mol. The van der Waals surface area contributed by atoms with Crippen LogP contribution in [-0.4, -0.2) is 171 Å². The first-order valence-corrected chi connectivity index (χ1v) is 15.1. The van der Waals surface area contributed by atoms with Gasteiger partial charge in [0.1, 0.15) is 12.3 Å². The lowest BCUT2D eigenvalue weighted by Crippen LogP contribution is -2.54. The summed E-state index contributed by atoms with van der Waals surface area (Å²) in [5.41, 5.74) is 0. The zero-order chi connectivity index (χ0) is 32.6. The minimum absolute atomic E-state index is 0.165. The second-order valence-electron chi connectivity index (χ2n) is 9.99. The molecule has 9 N–H and O–H groups in total. The SMILES string of the molecule is CNCC(OCCOCCNC(=O)C(CCC(=O)NCCOCCOC1OC(CO)C(O)CC1NC)NC)OC(CO)NC. The Morgan fingerprint density at radius 2 is 1.64 bits per heavy atom. The summed E-state index contributed by atoms with van der Waals surface area (Å²) in [6.07, 6.45) is -2.26. The van der Waals surface area contributed by atoms with Crippen molar-refractivity contribution >= 4 is 11.8 Å². The van der Waals surface area contributed by atoms with Crippen LogP contribution in [0.25, 0.3) is 0 Å². The van der Waals surface area contributed by atoms with Gasteiger partial charge in [-0.1, -0.05) is 0 Å². The molecule has 7 atom stereocenters. The molecule has 0 spiro atoms. The molecule has 17 nitrogen and oxygen atoms in total. The van der Waals surface area contributed by atoms with Gasteiger partial charge in [0.2, 0.25) is 11.8 Å². The van der Waals surface area contributed by atoms with Crippen molar-refractivity contribution in [1.82, 2.24) is 31.9 Å². The summed E-state index contributed by atoms with van der Waals surface area (Å²) < 4.78 is 33.5. The number of ether oxygens (including phenoxy) is 6. The molecule has 1 aliphatic heterocycles. The average Bonchev–Trinajstić information content (AvgIpc) is 3.03. The molecule has 0 aliphatic carbocycles. The Labute approximate surface area is 260 Å². The number of aliphatic hydroxyl groups excluding tert-OH is 3. The van der Waals surface area contributed by atoms with Gasteiger partial charge in [0, 0.05) is 26.1 Å². The van der Waals surface area contributed by atoms with Crippen LogP contribution in [0, 0.1) is 0 Å². The highest BCUT2D eigenvalue weighted by Crippen LogP contribution is 2.21. The molecule has 1 fully saturated rings. The predicted molar refractivity (Wildman–Crippen MR) is 160 cm³/mol. The van der Waals surface area contributed by atoms with Crippen LogP contribution in [0.2, 0.25) is 0 Å². The Morgan fingerprint density at radius 1 is 0.932 bits per heavy atom. The number of likely N-dealkylation sites (N-methyl/N-ethyl adjacent to an activating group) is 4. The van der Waals surface area contributed by atoms with Crippen LogP contribution in [0.15, 0.2) is 0 Å². The molecule has 0 radical (unpaired) electrons. The lowest BCUT2D eigenvalue weighted by atomic mass is 10.0. The Bertz CT molecular complexity index is 740. The summed E-state index contributed by atoms with van der Waals surface area (Å²) in [5, 5.41) is 45.8. The highest BCUT2D eigenvalue weighted by Gasteiger charge is 2.36. The molecule has 260 valence electrons. The van der Waals surface area contributed by atoms with E-state index in [1.165, 1.54) is 0 Å². The minimum atomic E-state index is -0.763. The zero-order valence-corrected chi connectivity index (χ0v) is 26.5. The van der Waals surface area contributed by atoms with Crippen molar-refractivity contribution in [3.8, 4) is 0 Å². The number of aliphatic hydroxyl groups is 3. The summed E-state index contributed by atoms with van der Waals surface area (Å²) in [7, 11) is 6.85. The Morgan fingerprint density at radius 3 is 2.25 bits per heavy atom. The summed E-state index contributed by atoms with van der Waals surface area (Å²) in [6.45, 7) is 2.27. The van der Waals surface area contributed by atoms with E-state index in [1.807, 2.05) is 0 Å². The Hall–Kier alpha value is -1.58. The quantitative estimate of drug-likeness (QED) is 0.0307. The van der Waals surface area contributed by atoms with Gasteiger partial charge < -0.3 is 70.3 Å². The molecule has 2 amide bonds. The molecule has 0 saturated carbocycles. The third-order valence-electron chi connectivity index (χ3n) is 6.77. The first-order chi connectivity index (χ1) is 21.3. The van der Waals surface area contributed by atoms with E-state index in [4.69, 9.17) is 28.4 Å². The fourth-order valence-corrected chi connectivity index (χ4v) is 4.22. The van der Waals surface area contributed by atoms with E-state index < -0.39 is 37.1 Å². The Balaban J connectivity index is 2.11. The van der Waals surface area contributed by atoms with E-state index in [0.717, 1.165) is 0 Å². The lowest BCUT2D eigenvalue weighted by molar-refractivity contribution is -0.244. The Kier molecular flexibility index (Phi) is 23.5. The van der Waals surface area contributed by atoms with Gasteiger partial charge >= 0.3 is 0 Å². The summed E-state index contributed by atoms with van der Waals surface area (Å²) >= 11 is 0. The van der Waals surface area contributed by atoms with E-state index in [-0.39, 0.29) is 63.9 Å². The van der Waals surface area contributed by atoms with Crippen molar-refractivity contribution in [3.63, 3.8) is 0 Å². The summed E-state index contributed by atoms with van der Waals surface area (Å²) in [5.74, 6) is -0.418. The number of nitrogens with one attached hydrogen (secondary N) is 6. The first kappa shape index (κ1) is 40.4. The molecule has 7 unspecified atom stereocenters. The molecule has 0 aromatic heterocycles. The molecule has 1 rings (SSSR count). The first-order valence-electron chi connectivity index (χ1n) is 15.1. The van der Waals surface area contributed by atoms with Gasteiger partial charge in [-0.05, 0) is 41.0 Å². The van der Waals surface area contributed by atoms with Crippen LogP contribution in [0.3, 0.4) is 0 Å². The van der Waals surface area contributed by atoms with Crippen molar-refractivity contribution < 1.29 is 53.3 Å². The largest absolute Gasteiger partial charge is 0.394 e. The van der Waals surface area contributed by atoms with Crippen molar-refractivity contribution in [2.24, 2.45) is 0 Å². The summed E-state index contributed by atoms with van der Waals surface area (Å²) in [4.78, 5) is 24.7. The molecule has 0 aromatic rings. The number of hydrogen-bond acceptors (Lipinski definition) is 15. The van der Waals surface area contributed by atoms with Crippen LogP contribution < -0.4 is 31.9 Å². The van der Waals surface area contributed by atoms with E-state index in [2.05, 4.69) is 31.9 Å². The van der Waals surface area contributed by atoms with E-state index in [0.29, 0.717) is 45.7 Å². The third-order valence-corrected chi connectivity index (χ3v) is 6.77. The number of hydrogen-bond donors (Lipinski definition) is 9. The van der Waals surface area contributed by atoms with E-state index in [9.17, 15) is 24.9 Å². The number of amides is 2. The lowest BCUT2D eigenvalue weighted by Gasteiger charge is -2.38. The van der Waals surface area contributed by atoms with Crippen LogP contribution in [-0.2, 0) is 38.0 Å². The van der Waals surface area contributed by atoms with Crippen LogP contribution in [0.1, 0.15) is 19.3 Å². The van der Waals surface area contributed by atoms with Gasteiger partial charge in [0.15, 0.2) is 12.6 Å². The summed E-state index contributed by atoms with van der Waals surface area (Å²) in [6, 6.07) is -0.735. The highest BCUT2D eigenvalue weighted by molar-refractivity contribution is 5.83. The molecule has 44 heavy (non-hydrogen) atoms. The van der Waals surface area contributed by atoms with Gasteiger partial charge in [0.05, 0.1) is 71.0 Å². The van der Waals surface area contributed by atoms with Crippen molar-refractivity contribution in [2.75, 3.05) is 101 Å². The fourth-order valence-electron chi connectivity index (χ4n) is 4.22. The van der Waals surface area contributed by atoms with E-state index >= 15 is 0 Å². The van der Waals surface area contributed by atoms with Crippen molar-refractivity contribution in [2.45, 2.75) is 62.4 Å². The molecular formula is C27H56N6O11. The molecule has 1 saturated heterocycles. The predicted octanol–water partition coefficient (Wildman–Crippen LogP) is -4.19.